The molecule has 0 amide bonds. The van der Waals surface area contributed by atoms with E-state index in [2.05, 4.69) is 98.8 Å². The Kier molecular flexibility index (Phi) is 6.72. The molecule has 0 radical (unpaired) electrons. The highest BCUT2D eigenvalue weighted by molar-refractivity contribution is 5.50. The lowest BCUT2D eigenvalue weighted by Gasteiger charge is -2.34. The van der Waals surface area contributed by atoms with Crippen molar-refractivity contribution in [3.05, 3.63) is 89.8 Å². The molecule has 2 heterocycles. The molecule has 1 N–H and O–H groups in total. The van der Waals surface area contributed by atoms with E-state index < -0.39 is 0 Å². The monoisotopic (exact) mass is 399 g/mol. The van der Waals surface area contributed by atoms with E-state index in [1.807, 2.05) is 6.07 Å². The van der Waals surface area contributed by atoms with Crippen LogP contribution in [0.3, 0.4) is 0 Å². The predicted octanol–water partition coefficient (Wildman–Crippen LogP) is 4.23. The van der Waals surface area contributed by atoms with Gasteiger partial charge in [0.2, 0.25) is 0 Å². The SMILES string of the molecule is Cc1ccccc1CNc1cc(N2CCN(C/C=C/c3ccccc3)CC2)ncn1. The summed E-state index contributed by atoms with van der Waals surface area (Å²) in [6.07, 6.45) is 6.11. The molecule has 0 saturated carbocycles. The van der Waals surface area contributed by atoms with Gasteiger partial charge in [0.15, 0.2) is 0 Å². The third-order valence-electron chi connectivity index (χ3n) is 5.54. The van der Waals surface area contributed by atoms with Crippen molar-refractivity contribution in [2.75, 3.05) is 42.9 Å². The molecule has 1 aliphatic heterocycles. The van der Waals surface area contributed by atoms with Crippen LogP contribution in [0, 0.1) is 6.92 Å². The standard InChI is InChI=1S/C25H29N5/c1-21-8-5-6-12-23(21)19-26-24-18-25(28-20-27-24)30-16-14-29(15-17-30)13-7-11-22-9-3-2-4-10-22/h2-12,18,20H,13-17,19H2,1H3,(H,26,27,28)/b11-7+. The smallest absolute Gasteiger partial charge is 0.134 e. The Hall–Kier alpha value is -3.18. The maximum atomic E-state index is 4.50. The summed E-state index contributed by atoms with van der Waals surface area (Å²) in [4.78, 5) is 13.7. The van der Waals surface area contributed by atoms with Crippen molar-refractivity contribution in [3.63, 3.8) is 0 Å². The summed E-state index contributed by atoms with van der Waals surface area (Å²) in [6.45, 7) is 7.92. The predicted molar refractivity (Wildman–Crippen MR) is 125 cm³/mol. The number of hydrogen-bond acceptors (Lipinski definition) is 5. The van der Waals surface area contributed by atoms with E-state index in [4.69, 9.17) is 0 Å². The maximum Gasteiger partial charge on any atom is 0.134 e. The number of piperazine rings is 1. The largest absolute Gasteiger partial charge is 0.366 e. The molecule has 0 unspecified atom stereocenters. The Morgan fingerprint density at radius 1 is 0.933 bits per heavy atom. The van der Waals surface area contributed by atoms with Crippen LogP contribution in [0.25, 0.3) is 6.08 Å². The highest BCUT2D eigenvalue weighted by Gasteiger charge is 2.17. The maximum absolute atomic E-state index is 4.50. The number of aromatic nitrogens is 2. The summed E-state index contributed by atoms with van der Waals surface area (Å²) in [5.74, 6) is 1.87. The number of anilines is 2. The molecular weight excluding hydrogens is 370 g/mol. The van der Waals surface area contributed by atoms with Crippen molar-refractivity contribution in [2.24, 2.45) is 0 Å². The van der Waals surface area contributed by atoms with Gasteiger partial charge in [-0.15, -0.1) is 0 Å². The van der Waals surface area contributed by atoms with Gasteiger partial charge in [-0.3, -0.25) is 4.90 Å². The molecule has 5 nitrogen and oxygen atoms in total. The quantitative estimate of drug-likeness (QED) is 0.644. The molecule has 0 aliphatic carbocycles. The molecule has 1 saturated heterocycles. The molecule has 1 fully saturated rings. The third-order valence-corrected chi connectivity index (χ3v) is 5.54. The van der Waals surface area contributed by atoms with E-state index >= 15 is 0 Å². The Labute approximate surface area is 179 Å². The molecule has 0 spiro atoms. The zero-order valence-electron chi connectivity index (χ0n) is 17.5. The lowest BCUT2D eigenvalue weighted by Crippen LogP contribution is -2.46. The molecule has 1 aromatic heterocycles. The lowest BCUT2D eigenvalue weighted by molar-refractivity contribution is 0.283. The zero-order valence-corrected chi connectivity index (χ0v) is 17.5. The minimum atomic E-state index is 0.769. The van der Waals surface area contributed by atoms with E-state index in [1.165, 1.54) is 16.7 Å². The van der Waals surface area contributed by atoms with Crippen molar-refractivity contribution in [3.8, 4) is 0 Å². The molecule has 0 atom stereocenters. The van der Waals surface area contributed by atoms with Gasteiger partial charge in [0.1, 0.15) is 18.0 Å². The Bertz CT molecular complexity index is 962. The fourth-order valence-corrected chi connectivity index (χ4v) is 3.67. The summed E-state index contributed by atoms with van der Waals surface area (Å²) in [6, 6.07) is 20.9. The van der Waals surface area contributed by atoms with Gasteiger partial charge in [-0.2, -0.15) is 0 Å². The van der Waals surface area contributed by atoms with Crippen molar-refractivity contribution in [2.45, 2.75) is 13.5 Å². The third kappa shape index (κ3) is 5.45. The van der Waals surface area contributed by atoms with Crippen LogP contribution in [-0.4, -0.2) is 47.6 Å². The van der Waals surface area contributed by atoms with Crippen LogP contribution >= 0.6 is 0 Å². The molecule has 30 heavy (non-hydrogen) atoms. The number of nitrogens with zero attached hydrogens (tertiary/aromatic N) is 4. The zero-order chi connectivity index (χ0) is 20.6. The van der Waals surface area contributed by atoms with Crippen molar-refractivity contribution >= 4 is 17.7 Å². The lowest BCUT2D eigenvalue weighted by atomic mass is 10.1. The highest BCUT2D eigenvalue weighted by atomic mass is 15.3. The second-order valence-corrected chi connectivity index (χ2v) is 7.64. The number of rotatable bonds is 7. The molecule has 5 heteroatoms. The first-order chi connectivity index (χ1) is 14.8. The second kappa shape index (κ2) is 10.0. The first kappa shape index (κ1) is 20.1. The van der Waals surface area contributed by atoms with E-state index in [0.29, 0.717) is 0 Å². The van der Waals surface area contributed by atoms with Gasteiger partial charge in [-0.25, -0.2) is 9.97 Å². The van der Waals surface area contributed by atoms with E-state index in [0.717, 1.165) is 50.9 Å². The van der Waals surface area contributed by atoms with Gasteiger partial charge in [-0.05, 0) is 23.6 Å². The fourth-order valence-electron chi connectivity index (χ4n) is 3.67. The fraction of sp³-hybridized carbons (Fsp3) is 0.280. The Morgan fingerprint density at radius 3 is 2.50 bits per heavy atom. The summed E-state index contributed by atoms with van der Waals surface area (Å²) in [7, 11) is 0. The van der Waals surface area contributed by atoms with Crippen LogP contribution in [0.4, 0.5) is 11.6 Å². The van der Waals surface area contributed by atoms with Crippen LogP contribution in [0.15, 0.2) is 73.1 Å². The molecule has 1 aliphatic rings. The van der Waals surface area contributed by atoms with Gasteiger partial charge in [0.25, 0.3) is 0 Å². The van der Waals surface area contributed by atoms with Crippen LogP contribution in [0.5, 0.6) is 0 Å². The molecular formula is C25H29N5. The number of benzene rings is 2. The highest BCUT2D eigenvalue weighted by Crippen LogP contribution is 2.17. The summed E-state index contributed by atoms with van der Waals surface area (Å²) >= 11 is 0. The summed E-state index contributed by atoms with van der Waals surface area (Å²) in [5.41, 5.74) is 3.83. The van der Waals surface area contributed by atoms with Crippen LogP contribution < -0.4 is 10.2 Å². The number of hydrogen-bond donors (Lipinski definition) is 1. The molecule has 4 rings (SSSR count). The van der Waals surface area contributed by atoms with E-state index in [9.17, 15) is 0 Å². The average Bonchev–Trinajstić information content (AvgIpc) is 2.80. The number of aryl methyl sites for hydroxylation is 1. The Balaban J connectivity index is 1.28. The van der Waals surface area contributed by atoms with Crippen molar-refractivity contribution in [1.82, 2.24) is 14.9 Å². The van der Waals surface area contributed by atoms with Crippen LogP contribution in [0.1, 0.15) is 16.7 Å². The van der Waals surface area contributed by atoms with E-state index in [1.54, 1.807) is 6.33 Å². The summed E-state index contributed by atoms with van der Waals surface area (Å²) in [5, 5.41) is 3.44. The van der Waals surface area contributed by atoms with Crippen molar-refractivity contribution in [1.29, 1.82) is 0 Å². The van der Waals surface area contributed by atoms with Crippen LogP contribution in [-0.2, 0) is 6.54 Å². The molecule has 154 valence electrons. The van der Waals surface area contributed by atoms with Gasteiger partial charge in [0.05, 0.1) is 0 Å². The van der Waals surface area contributed by atoms with Gasteiger partial charge in [0, 0.05) is 45.3 Å². The minimum absolute atomic E-state index is 0.769. The van der Waals surface area contributed by atoms with Gasteiger partial charge in [-0.1, -0.05) is 66.7 Å². The number of nitrogens with one attached hydrogen (secondary N) is 1. The topological polar surface area (TPSA) is 44.3 Å². The summed E-state index contributed by atoms with van der Waals surface area (Å²) < 4.78 is 0. The first-order valence-corrected chi connectivity index (χ1v) is 10.6. The second-order valence-electron chi connectivity index (χ2n) is 7.64. The average molecular weight is 400 g/mol. The van der Waals surface area contributed by atoms with Crippen molar-refractivity contribution < 1.29 is 0 Å². The Morgan fingerprint density at radius 2 is 1.70 bits per heavy atom. The molecule has 2 aromatic carbocycles. The van der Waals surface area contributed by atoms with E-state index in [-0.39, 0.29) is 0 Å². The molecule has 0 bridgehead atoms. The van der Waals surface area contributed by atoms with Gasteiger partial charge < -0.3 is 10.2 Å². The minimum Gasteiger partial charge on any atom is -0.366 e. The normalized spacial score (nSPS) is 14.9. The first-order valence-electron chi connectivity index (χ1n) is 10.6. The molecule has 3 aromatic rings. The van der Waals surface area contributed by atoms with Gasteiger partial charge >= 0.3 is 0 Å². The van der Waals surface area contributed by atoms with Crippen LogP contribution in [0.2, 0.25) is 0 Å².